The fourth-order valence-electron chi connectivity index (χ4n) is 2.66. The first kappa shape index (κ1) is 16.7. The summed E-state index contributed by atoms with van der Waals surface area (Å²) in [5, 5.41) is 3.44. The monoisotopic (exact) mass is 305 g/mol. The van der Waals surface area contributed by atoms with Crippen LogP contribution in [0.3, 0.4) is 0 Å². The van der Waals surface area contributed by atoms with Crippen LogP contribution in [-0.2, 0) is 11.3 Å². The Bertz CT molecular complexity index is 471. The Morgan fingerprint density at radius 2 is 2.09 bits per heavy atom. The van der Waals surface area contributed by atoms with Gasteiger partial charge in [0.2, 0.25) is 0 Å². The van der Waals surface area contributed by atoms with E-state index in [1.54, 1.807) is 12.4 Å². The molecule has 5 heteroatoms. The third-order valence-corrected chi connectivity index (χ3v) is 3.71. The molecule has 1 aliphatic heterocycles. The molecule has 0 radical (unpaired) electrons. The second-order valence-corrected chi connectivity index (χ2v) is 6.81. The van der Waals surface area contributed by atoms with Gasteiger partial charge in [-0.1, -0.05) is 0 Å². The van der Waals surface area contributed by atoms with Crippen LogP contribution in [0.2, 0.25) is 0 Å². The van der Waals surface area contributed by atoms with Gasteiger partial charge in [-0.25, -0.2) is 4.79 Å². The molecule has 1 atom stereocenters. The lowest BCUT2D eigenvalue weighted by Gasteiger charge is -2.37. The van der Waals surface area contributed by atoms with Crippen LogP contribution in [0.25, 0.3) is 0 Å². The summed E-state index contributed by atoms with van der Waals surface area (Å²) in [7, 11) is 0. The molecular formula is C17H27N3O2. The molecule has 0 unspecified atom stereocenters. The van der Waals surface area contributed by atoms with Gasteiger partial charge >= 0.3 is 6.09 Å². The maximum atomic E-state index is 12.3. The number of likely N-dealkylation sites (tertiary alicyclic amines) is 1. The summed E-state index contributed by atoms with van der Waals surface area (Å²) in [6.07, 6.45) is 6.65. The predicted molar refractivity (Wildman–Crippen MR) is 86.5 cm³/mol. The number of hydrogen-bond donors (Lipinski definition) is 1. The van der Waals surface area contributed by atoms with Gasteiger partial charge in [0.05, 0.1) is 0 Å². The zero-order valence-corrected chi connectivity index (χ0v) is 13.8. The van der Waals surface area contributed by atoms with Gasteiger partial charge in [0, 0.05) is 38.1 Å². The summed E-state index contributed by atoms with van der Waals surface area (Å²) in [5.74, 6) is 0. The van der Waals surface area contributed by atoms with E-state index in [0.717, 1.165) is 32.5 Å². The first-order valence-electron chi connectivity index (χ1n) is 8.05. The molecule has 1 saturated heterocycles. The Balaban J connectivity index is 1.85. The molecule has 1 N–H and O–H groups in total. The van der Waals surface area contributed by atoms with Crippen LogP contribution in [0.1, 0.15) is 45.6 Å². The number of carbonyl (C=O) groups is 1. The fourth-order valence-corrected chi connectivity index (χ4v) is 2.66. The number of nitrogens with zero attached hydrogens (tertiary/aromatic N) is 2. The van der Waals surface area contributed by atoms with E-state index < -0.39 is 5.60 Å². The number of aromatic nitrogens is 1. The zero-order chi connectivity index (χ0) is 16.0. The Kier molecular flexibility index (Phi) is 5.77. The van der Waals surface area contributed by atoms with Gasteiger partial charge in [0.25, 0.3) is 0 Å². The van der Waals surface area contributed by atoms with Crippen molar-refractivity contribution in [1.82, 2.24) is 15.2 Å². The molecule has 1 aromatic heterocycles. The summed E-state index contributed by atoms with van der Waals surface area (Å²) in [5.41, 5.74) is 0.762. The summed E-state index contributed by atoms with van der Waals surface area (Å²) in [4.78, 5) is 18.2. The smallest absolute Gasteiger partial charge is 0.410 e. The molecule has 0 aromatic carbocycles. The number of rotatable bonds is 4. The van der Waals surface area contributed by atoms with E-state index in [0.29, 0.717) is 0 Å². The topological polar surface area (TPSA) is 54.5 Å². The molecule has 22 heavy (non-hydrogen) atoms. The van der Waals surface area contributed by atoms with Crippen molar-refractivity contribution in [3.05, 3.63) is 30.1 Å². The highest BCUT2D eigenvalue weighted by atomic mass is 16.6. The van der Waals surface area contributed by atoms with Crippen molar-refractivity contribution in [1.29, 1.82) is 0 Å². The van der Waals surface area contributed by atoms with E-state index in [-0.39, 0.29) is 12.1 Å². The SMILES string of the molecule is CC(C)(C)OC(=O)N1CCCC[C@@H]1CNCc1ccncc1. The standard InChI is InChI=1S/C17H27N3O2/c1-17(2,3)22-16(21)20-11-5-4-6-15(20)13-19-12-14-7-9-18-10-8-14/h7-10,15,19H,4-6,11-13H2,1-3H3/t15-/m1/s1. The third kappa shape index (κ3) is 5.30. The number of pyridine rings is 1. The number of carbonyl (C=O) groups excluding carboxylic acids is 1. The molecule has 0 aliphatic carbocycles. The Morgan fingerprint density at radius 1 is 1.36 bits per heavy atom. The molecule has 1 amide bonds. The molecule has 1 fully saturated rings. The number of hydrogen-bond acceptors (Lipinski definition) is 4. The van der Waals surface area contributed by atoms with Crippen LogP contribution in [-0.4, -0.2) is 40.7 Å². The van der Waals surface area contributed by atoms with Crippen LogP contribution in [0.15, 0.2) is 24.5 Å². The second kappa shape index (κ2) is 7.58. The highest BCUT2D eigenvalue weighted by Crippen LogP contribution is 2.20. The second-order valence-electron chi connectivity index (χ2n) is 6.81. The summed E-state index contributed by atoms with van der Waals surface area (Å²) >= 11 is 0. The maximum Gasteiger partial charge on any atom is 0.410 e. The Labute approximate surface area is 133 Å². The molecular weight excluding hydrogens is 278 g/mol. The summed E-state index contributed by atoms with van der Waals surface area (Å²) < 4.78 is 5.52. The van der Waals surface area contributed by atoms with Crippen molar-refractivity contribution in [2.45, 2.75) is 58.2 Å². The van der Waals surface area contributed by atoms with Crippen LogP contribution < -0.4 is 5.32 Å². The number of nitrogens with one attached hydrogen (secondary N) is 1. The number of amides is 1. The van der Waals surface area contributed by atoms with Crippen molar-refractivity contribution < 1.29 is 9.53 Å². The van der Waals surface area contributed by atoms with Crippen LogP contribution in [0, 0.1) is 0 Å². The van der Waals surface area contributed by atoms with E-state index in [2.05, 4.69) is 10.3 Å². The van der Waals surface area contributed by atoms with E-state index in [1.165, 1.54) is 12.0 Å². The van der Waals surface area contributed by atoms with Gasteiger partial charge in [0.1, 0.15) is 5.60 Å². The largest absolute Gasteiger partial charge is 0.444 e. The highest BCUT2D eigenvalue weighted by Gasteiger charge is 2.30. The highest BCUT2D eigenvalue weighted by molar-refractivity contribution is 5.68. The summed E-state index contributed by atoms with van der Waals surface area (Å²) in [6.45, 7) is 8.10. The minimum absolute atomic E-state index is 0.192. The van der Waals surface area contributed by atoms with Crippen molar-refractivity contribution in [2.75, 3.05) is 13.1 Å². The average molecular weight is 305 g/mol. The fraction of sp³-hybridized carbons (Fsp3) is 0.647. The van der Waals surface area contributed by atoms with Gasteiger partial charge in [-0.3, -0.25) is 4.98 Å². The molecule has 1 aliphatic rings. The van der Waals surface area contributed by atoms with Gasteiger partial charge in [-0.2, -0.15) is 0 Å². The zero-order valence-electron chi connectivity index (χ0n) is 13.8. The van der Waals surface area contributed by atoms with Crippen molar-refractivity contribution >= 4 is 6.09 Å². The molecule has 1 aromatic rings. The van der Waals surface area contributed by atoms with E-state index in [4.69, 9.17) is 4.74 Å². The first-order valence-corrected chi connectivity index (χ1v) is 8.05. The van der Waals surface area contributed by atoms with E-state index in [9.17, 15) is 4.79 Å². The molecule has 122 valence electrons. The predicted octanol–water partition coefficient (Wildman–Crippen LogP) is 2.96. The van der Waals surface area contributed by atoms with E-state index >= 15 is 0 Å². The van der Waals surface area contributed by atoms with Gasteiger partial charge in [-0.15, -0.1) is 0 Å². The molecule has 2 heterocycles. The van der Waals surface area contributed by atoms with Gasteiger partial charge in [-0.05, 0) is 57.7 Å². The Hall–Kier alpha value is -1.62. The number of piperidine rings is 1. The Morgan fingerprint density at radius 3 is 2.77 bits per heavy atom. The summed E-state index contributed by atoms with van der Waals surface area (Å²) in [6, 6.07) is 4.21. The van der Waals surface area contributed by atoms with Gasteiger partial charge < -0.3 is 15.0 Å². The third-order valence-electron chi connectivity index (χ3n) is 3.71. The number of ether oxygens (including phenoxy) is 1. The average Bonchev–Trinajstić information content (AvgIpc) is 2.47. The first-order chi connectivity index (χ1) is 10.5. The molecule has 5 nitrogen and oxygen atoms in total. The maximum absolute atomic E-state index is 12.3. The molecule has 0 saturated carbocycles. The molecule has 0 spiro atoms. The van der Waals surface area contributed by atoms with Crippen LogP contribution >= 0.6 is 0 Å². The van der Waals surface area contributed by atoms with Gasteiger partial charge in [0.15, 0.2) is 0 Å². The lowest BCUT2D eigenvalue weighted by atomic mass is 10.0. The van der Waals surface area contributed by atoms with Crippen LogP contribution in [0.4, 0.5) is 4.79 Å². The quantitative estimate of drug-likeness (QED) is 0.929. The normalized spacial score (nSPS) is 19.0. The lowest BCUT2D eigenvalue weighted by Crippen LogP contribution is -2.50. The van der Waals surface area contributed by atoms with Crippen molar-refractivity contribution in [3.63, 3.8) is 0 Å². The molecule has 2 rings (SSSR count). The van der Waals surface area contributed by atoms with E-state index in [1.807, 2.05) is 37.8 Å². The minimum atomic E-state index is -0.441. The molecule has 0 bridgehead atoms. The lowest BCUT2D eigenvalue weighted by molar-refractivity contribution is 0.00993. The van der Waals surface area contributed by atoms with Crippen molar-refractivity contribution in [3.8, 4) is 0 Å². The van der Waals surface area contributed by atoms with Crippen molar-refractivity contribution in [2.24, 2.45) is 0 Å². The van der Waals surface area contributed by atoms with Crippen LogP contribution in [0.5, 0.6) is 0 Å². The minimum Gasteiger partial charge on any atom is -0.444 e.